The van der Waals surface area contributed by atoms with Crippen LogP contribution in [0.25, 0.3) is 0 Å². The van der Waals surface area contributed by atoms with E-state index in [9.17, 15) is 0 Å². The lowest BCUT2D eigenvalue weighted by atomic mass is 9.85. The normalized spacial score (nSPS) is 22.1. The number of rotatable bonds is 3. The van der Waals surface area contributed by atoms with Gasteiger partial charge < -0.3 is 4.98 Å². The van der Waals surface area contributed by atoms with Gasteiger partial charge in [0.1, 0.15) is 0 Å². The molecule has 2 nitrogen and oxygen atoms in total. The highest BCUT2D eigenvalue weighted by atomic mass is 14.9. The number of allylic oxidation sites excluding steroid dienone is 2. The minimum Gasteiger partial charge on any atom is -0.351 e. The zero-order valence-corrected chi connectivity index (χ0v) is 8.79. The molecule has 0 saturated heterocycles. The monoisotopic (exact) mass is 190 g/mol. The first-order valence-corrected chi connectivity index (χ1v) is 5.54. The Hall–Kier alpha value is -1.05. The van der Waals surface area contributed by atoms with Crippen molar-refractivity contribution < 1.29 is 0 Å². The molecule has 2 heteroatoms. The van der Waals surface area contributed by atoms with E-state index in [0.29, 0.717) is 0 Å². The zero-order valence-electron chi connectivity index (χ0n) is 8.79. The Labute approximate surface area is 85.4 Å². The van der Waals surface area contributed by atoms with Crippen molar-refractivity contribution in [3.63, 3.8) is 0 Å². The largest absolute Gasteiger partial charge is 0.351 e. The number of aromatic amines is 1. The predicted molar refractivity (Wildman–Crippen MR) is 58.0 cm³/mol. The van der Waals surface area contributed by atoms with Crippen molar-refractivity contribution in [2.24, 2.45) is 5.92 Å². The average molecular weight is 190 g/mol. The smallest absolute Gasteiger partial charge is 0.0923 e. The molecule has 0 aliphatic heterocycles. The quantitative estimate of drug-likeness (QED) is 0.729. The van der Waals surface area contributed by atoms with E-state index >= 15 is 0 Å². The third kappa shape index (κ3) is 2.25. The molecule has 0 saturated carbocycles. The summed E-state index contributed by atoms with van der Waals surface area (Å²) in [4.78, 5) is 7.30. The standard InChI is InChI=1S/C12H18N2/c1-2-10-4-3-5-11(6-10)7-12-8-13-9-14-12/h4,8-9,11H,2-3,5-7H2,1H3,(H,13,14). The Bertz CT molecular complexity index is 298. The van der Waals surface area contributed by atoms with Crippen LogP contribution in [-0.2, 0) is 6.42 Å². The van der Waals surface area contributed by atoms with Crippen molar-refractivity contribution >= 4 is 0 Å². The van der Waals surface area contributed by atoms with E-state index in [4.69, 9.17) is 0 Å². The van der Waals surface area contributed by atoms with Gasteiger partial charge in [-0.25, -0.2) is 4.98 Å². The Morgan fingerprint density at radius 2 is 2.50 bits per heavy atom. The van der Waals surface area contributed by atoms with E-state index in [1.165, 1.54) is 31.4 Å². The van der Waals surface area contributed by atoms with Gasteiger partial charge in [0, 0.05) is 6.20 Å². The number of hydrogen-bond donors (Lipinski definition) is 1. The molecular formula is C12H18N2. The molecule has 0 bridgehead atoms. The summed E-state index contributed by atoms with van der Waals surface area (Å²) >= 11 is 0. The molecule has 0 spiro atoms. The van der Waals surface area contributed by atoms with E-state index in [-0.39, 0.29) is 0 Å². The lowest BCUT2D eigenvalue weighted by Gasteiger charge is -2.21. The van der Waals surface area contributed by atoms with E-state index in [1.807, 2.05) is 6.20 Å². The minimum atomic E-state index is 0.818. The first kappa shape index (κ1) is 9.50. The van der Waals surface area contributed by atoms with Crippen LogP contribution in [0.15, 0.2) is 24.2 Å². The predicted octanol–water partition coefficient (Wildman–Crippen LogP) is 3.09. The van der Waals surface area contributed by atoms with Gasteiger partial charge in [0.25, 0.3) is 0 Å². The van der Waals surface area contributed by atoms with Gasteiger partial charge in [-0.1, -0.05) is 18.6 Å². The maximum absolute atomic E-state index is 4.29. The zero-order chi connectivity index (χ0) is 9.80. The van der Waals surface area contributed by atoms with Gasteiger partial charge in [-0.2, -0.15) is 0 Å². The van der Waals surface area contributed by atoms with Crippen molar-refractivity contribution in [2.75, 3.05) is 0 Å². The average Bonchev–Trinajstić information content (AvgIpc) is 2.71. The summed E-state index contributed by atoms with van der Waals surface area (Å²) in [6.07, 6.45) is 12.4. The molecule has 0 fully saturated rings. The summed E-state index contributed by atoms with van der Waals surface area (Å²) in [5.74, 6) is 0.818. The number of aromatic nitrogens is 2. The molecule has 14 heavy (non-hydrogen) atoms. The summed E-state index contributed by atoms with van der Waals surface area (Å²) in [6, 6.07) is 0. The Balaban J connectivity index is 1.91. The van der Waals surface area contributed by atoms with Crippen molar-refractivity contribution in [3.8, 4) is 0 Å². The molecule has 1 atom stereocenters. The van der Waals surface area contributed by atoms with Gasteiger partial charge >= 0.3 is 0 Å². The molecule has 1 aromatic rings. The highest BCUT2D eigenvalue weighted by Crippen LogP contribution is 2.27. The Morgan fingerprint density at radius 1 is 1.57 bits per heavy atom. The number of hydrogen-bond acceptors (Lipinski definition) is 1. The van der Waals surface area contributed by atoms with Crippen LogP contribution in [0.2, 0.25) is 0 Å². The van der Waals surface area contributed by atoms with E-state index in [0.717, 1.165) is 12.3 Å². The third-order valence-electron chi connectivity index (χ3n) is 3.07. The van der Waals surface area contributed by atoms with Gasteiger partial charge in [0.15, 0.2) is 0 Å². The fourth-order valence-electron chi connectivity index (χ4n) is 2.24. The van der Waals surface area contributed by atoms with E-state index < -0.39 is 0 Å². The van der Waals surface area contributed by atoms with Crippen LogP contribution >= 0.6 is 0 Å². The molecule has 2 rings (SSSR count). The van der Waals surface area contributed by atoms with Gasteiger partial charge in [-0.3, -0.25) is 0 Å². The third-order valence-corrected chi connectivity index (χ3v) is 3.07. The van der Waals surface area contributed by atoms with Crippen molar-refractivity contribution in [1.29, 1.82) is 0 Å². The number of H-pyrrole nitrogens is 1. The second kappa shape index (κ2) is 4.45. The lowest BCUT2D eigenvalue weighted by Crippen LogP contribution is -2.09. The lowest BCUT2D eigenvalue weighted by molar-refractivity contribution is 0.454. The second-order valence-corrected chi connectivity index (χ2v) is 4.13. The second-order valence-electron chi connectivity index (χ2n) is 4.13. The number of nitrogens with zero attached hydrogens (tertiary/aromatic N) is 1. The molecule has 1 N–H and O–H groups in total. The van der Waals surface area contributed by atoms with Crippen LogP contribution in [0.3, 0.4) is 0 Å². The van der Waals surface area contributed by atoms with Gasteiger partial charge in [-0.05, 0) is 38.0 Å². The van der Waals surface area contributed by atoms with Crippen LogP contribution in [0.4, 0.5) is 0 Å². The summed E-state index contributed by atoms with van der Waals surface area (Å²) in [7, 11) is 0. The van der Waals surface area contributed by atoms with Crippen molar-refractivity contribution in [2.45, 2.75) is 39.0 Å². The van der Waals surface area contributed by atoms with Crippen LogP contribution in [0.1, 0.15) is 38.3 Å². The molecule has 0 amide bonds. The summed E-state index contributed by atoms with van der Waals surface area (Å²) < 4.78 is 0. The molecule has 1 aliphatic carbocycles. The van der Waals surface area contributed by atoms with Gasteiger partial charge in [0.05, 0.1) is 12.0 Å². The van der Waals surface area contributed by atoms with Crippen LogP contribution < -0.4 is 0 Å². The topological polar surface area (TPSA) is 28.7 Å². The van der Waals surface area contributed by atoms with Crippen molar-refractivity contribution in [1.82, 2.24) is 9.97 Å². The first-order chi connectivity index (χ1) is 6.88. The molecule has 1 aromatic heterocycles. The maximum atomic E-state index is 4.29. The Morgan fingerprint density at radius 3 is 3.21 bits per heavy atom. The number of nitrogens with one attached hydrogen (secondary N) is 1. The highest BCUT2D eigenvalue weighted by molar-refractivity contribution is 5.08. The van der Waals surface area contributed by atoms with Gasteiger partial charge in [0.2, 0.25) is 0 Å². The molecule has 76 valence electrons. The molecule has 0 aromatic carbocycles. The molecule has 1 aliphatic rings. The fourth-order valence-corrected chi connectivity index (χ4v) is 2.24. The van der Waals surface area contributed by atoms with Crippen molar-refractivity contribution in [3.05, 3.63) is 29.9 Å². The van der Waals surface area contributed by atoms with E-state index in [1.54, 1.807) is 11.9 Å². The highest BCUT2D eigenvalue weighted by Gasteiger charge is 2.15. The van der Waals surface area contributed by atoms with Crippen LogP contribution in [0.5, 0.6) is 0 Å². The summed E-state index contributed by atoms with van der Waals surface area (Å²) in [6.45, 7) is 2.25. The summed E-state index contributed by atoms with van der Waals surface area (Å²) in [5, 5.41) is 0. The fraction of sp³-hybridized carbons (Fsp3) is 0.583. The Kier molecular flexibility index (Phi) is 3.02. The van der Waals surface area contributed by atoms with Crippen LogP contribution in [0, 0.1) is 5.92 Å². The molecular weight excluding hydrogens is 172 g/mol. The van der Waals surface area contributed by atoms with Gasteiger partial charge in [-0.15, -0.1) is 0 Å². The first-order valence-electron chi connectivity index (χ1n) is 5.54. The van der Waals surface area contributed by atoms with Crippen LogP contribution in [-0.4, -0.2) is 9.97 Å². The SMILES string of the molecule is CCC1=CCCC(Cc2c[nH]cn2)C1. The molecule has 1 unspecified atom stereocenters. The van der Waals surface area contributed by atoms with E-state index in [2.05, 4.69) is 23.0 Å². The summed E-state index contributed by atoms with van der Waals surface area (Å²) in [5.41, 5.74) is 2.85. The minimum absolute atomic E-state index is 0.818. The maximum Gasteiger partial charge on any atom is 0.0923 e. The molecule has 0 radical (unpaired) electrons. The molecule has 1 heterocycles. The number of imidazole rings is 1.